The Morgan fingerprint density at radius 3 is 2.53 bits per heavy atom. The molecule has 2 aliphatic rings. The maximum Gasteiger partial charge on any atom is 0.339 e. The summed E-state index contributed by atoms with van der Waals surface area (Å²) in [7, 11) is 1.21. The van der Waals surface area contributed by atoms with E-state index in [0.717, 1.165) is 18.2 Å². The molecule has 0 bridgehead atoms. The molecule has 168 valence electrons. The number of nitrogens with zero attached hydrogens (tertiary/aromatic N) is 1. The predicted octanol–water partition coefficient (Wildman–Crippen LogP) is 3.46. The van der Waals surface area contributed by atoms with Gasteiger partial charge in [-0.05, 0) is 66.4 Å². The van der Waals surface area contributed by atoms with Crippen LogP contribution in [0.15, 0.2) is 36.4 Å². The first kappa shape index (κ1) is 22.6. The number of methoxy groups -OCH3 is 1. The molecular formula is C22H19ClF2N2O4S. The number of esters is 1. The van der Waals surface area contributed by atoms with Crippen LogP contribution in [-0.2, 0) is 15.1 Å². The van der Waals surface area contributed by atoms with Crippen molar-refractivity contribution in [3.63, 3.8) is 0 Å². The zero-order valence-electron chi connectivity index (χ0n) is 16.9. The summed E-state index contributed by atoms with van der Waals surface area (Å²) in [5, 5.41) is 13.3. The van der Waals surface area contributed by atoms with E-state index in [4.69, 9.17) is 28.6 Å². The lowest BCUT2D eigenvalue weighted by atomic mass is 9.84. The number of thiocarbonyl (C=S) groups is 1. The number of halogens is 3. The fourth-order valence-corrected chi connectivity index (χ4v) is 4.77. The molecule has 0 radical (unpaired) electrons. The molecular weight excluding hydrogens is 462 g/mol. The summed E-state index contributed by atoms with van der Waals surface area (Å²) < 4.78 is 32.8. The minimum atomic E-state index is -1.44. The minimum Gasteiger partial charge on any atom is -0.465 e. The molecule has 1 heterocycles. The van der Waals surface area contributed by atoms with Crippen molar-refractivity contribution in [2.24, 2.45) is 5.92 Å². The Hall–Kier alpha value is -2.62. The van der Waals surface area contributed by atoms with Crippen LogP contribution in [0, 0.1) is 17.6 Å². The lowest BCUT2D eigenvalue weighted by Gasteiger charge is -2.30. The van der Waals surface area contributed by atoms with Gasteiger partial charge in [-0.2, -0.15) is 0 Å². The molecule has 32 heavy (non-hydrogen) atoms. The maximum atomic E-state index is 14.0. The third kappa shape index (κ3) is 3.64. The van der Waals surface area contributed by atoms with Gasteiger partial charge < -0.3 is 15.2 Å². The molecule has 1 aliphatic heterocycles. The van der Waals surface area contributed by atoms with Crippen LogP contribution in [0.2, 0.25) is 5.02 Å². The van der Waals surface area contributed by atoms with Gasteiger partial charge in [-0.1, -0.05) is 17.7 Å². The van der Waals surface area contributed by atoms with Crippen LogP contribution in [0.5, 0.6) is 0 Å². The second-order valence-corrected chi connectivity index (χ2v) is 8.57. The molecule has 2 fully saturated rings. The van der Waals surface area contributed by atoms with Crippen molar-refractivity contribution in [2.75, 3.05) is 13.7 Å². The molecule has 1 saturated heterocycles. The molecule has 0 spiro atoms. The van der Waals surface area contributed by atoms with E-state index < -0.39 is 41.7 Å². The summed E-state index contributed by atoms with van der Waals surface area (Å²) in [6, 6.07) is 6.45. The molecule has 1 amide bonds. The maximum absolute atomic E-state index is 14.0. The SMILES string of the molecule is COC(=O)c1cc([C@@H](CO)N2C(=O)C(c3cc(F)cc(F)c3)(C3CC3)NC2=S)ccc1Cl. The fourth-order valence-electron chi connectivity index (χ4n) is 4.21. The Balaban J connectivity index is 1.78. The average Bonchev–Trinajstić information content (AvgIpc) is 3.56. The van der Waals surface area contributed by atoms with E-state index in [1.807, 2.05) is 0 Å². The van der Waals surface area contributed by atoms with E-state index >= 15 is 0 Å². The molecule has 2 aromatic carbocycles. The lowest BCUT2D eigenvalue weighted by Crippen LogP contribution is -2.46. The van der Waals surface area contributed by atoms with Crippen LogP contribution in [0.4, 0.5) is 8.78 Å². The second kappa shape index (κ2) is 8.38. The largest absolute Gasteiger partial charge is 0.465 e. The number of carbonyl (C=O) groups is 2. The van der Waals surface area contributed by atoms with E-state index in [1.54, 1.807) is 6.07 Å². The number of rotatable bonds is 6. The number of amides is 1. The molecule has 1 unspecified atom stereocenters. The first-order chi connectivity index (χ1) is 15.2. The number of hydrogen-bond donors (Lipinski definition) is 2. The molecule has 2 N–H and O–H groups in total. The number of benzene rings is 2. The first-order valence-electron chi connectivity index (χ1n) is 9.84. The highest BCUT2D eigenvalue weighted by Crippen LogP contribution is 2.50. The Bertz CT molecular complexity index is 1110. The van der Waals surface area contributed by atoms with Gasteiger partial charge in [-0.25, -0.2) is 13.6 Å². The van der Waals surface area contributed by atoms with Gasteiger partial charge in [0, 0.05) is 6.07 Å². The van der Waals surface area contributed by atoms with E-state index in [2.05, 4.69) is 5.32 Å². The first-order valence-corrected chi connectivity index (χ1v) is 10.6. The molecule has 6 nitrogen and oxygen atoms in total. The molecule has 1 saturated carbocycles. The van der Waals surface area contributed by atoms with Crippen molar-refractivity contribution >= 4 is 40.8 Å². The Kier molecular flexibility index (Phi) is 5.91. The summed E-state index contributed by atoms with van der Waals surface area (Å²) >= 11 is 11.5. The zero-order valence-corrected chi connectivity index (χ0v) is 18.5. The molecule has 4 rings (SSSR count). The summed E-state index contributed by atoms with van der Waals surface area (Å²) in [4.78, 5) is 27.0. The second-order valence-electron chi connectivity index (χ2n) is 7.77. The number of aliphatic hydroxyl groups is 1. The van der Waals surface area contributed by atoms with Crippen molar-refractivity contribution in [1.82, 2.24) is 10.2 Å². The number of carbonyl (C=O) groups excluding carboxylic acids is 2. The Labute approximate surface area is 193 Å². The summed E-state index contributed by atoms with van der Waals surface area (Å²) in [6.07, 6.45) is 1.34. The van der Waals surface area contributed by atoms with Crippen LogP contribution in [-0.4, -0.2) is 40.7 Å². The van der Waals surface area contributed by atoms with Crippen LogP contribution >= 0.6 is 23.8 Å². The van der Waals surface area contributed by atoms with E-state index in [0.29, 0.717) is 18.4 Å². The molecule has 1 aliphatic carbocycles. The topological polar surface area (TPSA) is 78.9 Å². The van der Waals surface area contributed by atoms with E-state index in [1.165, 1.54) is 24.1 Å². The average molecular weight is 481 g/mol. The molecule has 0 aromatic heterocycles. The van der Waals surface area contributed by atoms with Crippen molar-refractivity contribution in [3.8, 4) is 0 Å². The van der Waals surface area contributed by atoms with E-state index in [9.17, 15) is 23.5 Å². The monoisotopic (exact) mass is 480 g/mol. The van der Waals surface area contributed by atoms with Gasteiger partial charge in [-0.3, -0.25) is 9.69 Å². The Morgan fingerprint density at radius 2 is 1.97 bits per heavy atom. The summed E-state index contributed by atoms with van der Waals surface area (Å²) in [5.74, 6) is -3.03. The minimum absolute atomic E-state index is 0.0141. The van der Waals surface area contributed by atoms with E-state index in [-0.39, 0.29) is 27.2 Å². The number of ether oxygens (including phenoxy) is 1. The van der Waals surface area contributed by atoms with Gasteiger partial charge in [0.15, 0.2) is 5.11 Å². The number of aliphatic hydroxyl groups excluding tert-OH is 1. The van der Waals surface area contributed by atoms with Gasteiger partial charge in [0.05, 0.1) is 30.3 Å². The van der Waals surface area contributed by atoms with Gasteiger partial charge in [0.1, 0.15) is 17.2 Å². The van der Waals surface area contributed by atoms with Crippen LogP contribution < -0.4 is 5.32 Å². The highest BCUT2D eigenvalue weighted by molar-refractivity contribution is 7.80. The van der Waals surface area contributed by atoms with Crippen molar-refractivity contribution in [1.29, 1.82) is 0 Å². The van der Waals surface area contributed by atoms with Gasteiger partial charge in [0.25, 0.3) is 5.91 Å². The van der Waals surface area contributed by atoms with Crippen molar-refractivity contribution in [3.05, 3.63) is 69.7 Å². The smallest absolute Gasteiger partial charge is 0.339 e. The Morgan fingerprint density at radius 1 is 1.31 bits per heavy atom. The van der Waals surface area contributed by atoms with Gasteiger partial charge >= 0.3 is 5.97 Å². The van der Waals surface area contributed by atoms with Crippen LogP contribution in [0.25, 0.3) is 0 Å². The molecule has 2 atom stereocenters. The lowest BCUT2D eigenvalue weighted by molar-refractivity contribution is -0.134. The third-order valence-electron chi connectivity index (χ3n) is 5.85. The van der Waals surface area contributed by atoms with Gasteiger partial charge in [-0.15, -0.1) is 0 Å². The fraction of sp³-hybridized carbons (Fsp3) is 0.318. The standard InChI is InChI=1S/C22H19ClF2N2O4S/c1-31-19(29)16-6-11(2-5-17(16)23)18(10-28)27-20(30)22(12-3-4-12,26-21(27)32)13-7-14(24)9-15(25)8-13/h2,5-9,12,18,28H,3-4,10H2,1H3,(H,26,32)/t18-,22?/m1/s1. The number of nitrogens with one attached hydrogen (secondary N) is 1. The highest BCUT2D eigenvalue weighted by atomic mass is 35.5. The zero-order chi connectivity index (χ0) is 23.2. The molecule has 10 heteroatoms. The number of hydrogen-bond acceptors (Lipinski definition) is 5. The quantitative estimate of drug-likeness (QED) is 0.487. The van der Waals surface area contributed by atoms with Crippen molar-refractivity contribution in [2.45, 2.75) is 24.4 Å². The van der Waals surface area contributed by atoms with Crippen molar-refractivity contribution < 1.29 is 28.2 Å². The third-order valence-corrected chi connectivity index (χ3v) is 6.48. The molecule has 2 aromatic rings. The summed E-state index contributed by atoms with van der Waals surface area (Å²) in [6.45, 7) is -0.520. The highest BCUT2D eigenvalue weighted by Gasteiger charge is 2.60. The summed E-state index contributed by atoms with van der Waals surface area (Å²) in [5.41, 5.74) is -0.844. The predicted molar refractivity (Wildman–Crippen MR) is 116 cm³/mol. The van der Waals surface area contributed by atoms with Crippen LogP contribution in [0.3, 0.4) is 0 Å². The van der Waals surface area contributed by atoms with Gasteiger partial charge in [0.2, 0.25) is 0 Å². The normalized spacial score (nSPS) is 21.5. The van der Waals surface area contributed by atoms with Crippen LogP contribution in [0.1, 0.15) is 40.4 Å².